The van der Waals surface area contributed by atoms with E-state index in [9.17, 15) is 0 Å². The van der Waals surface area contributed by atoms with Crippen LogP contribution >= 0.6 is 0 Å². The SMILES string of the molecule is CCOc1cccc(-c2cccc(C3(C)COCC(N)=N3)c2)c1. The molecule has 0 saturated heterocycles. The van der Waals surface area contributed by atoms with Crippen LogP contribution < -0.4 is 10.5 Å². The molecular weight excluding hydrogens is 288 g/mol. The van der Waals surface area contributed by atoms with E-state index in [-0.39, 0.29) is 0 Å². The number of nitrogens with two attached hydrogens (primary N) is 1. The van der Waals surface area contributed by atoms with Gasteiger partial charge in [-0.2, -0.15) is 0 Å². The number of hydrogen-bond donors (Lipinski definition) is 1. The summed E-state index contributed by atoms with van der Waals surface area (Å²) in [6.45, 7) is 5.64. The van der Waals surface area contributed by atoms with Crippen LogP contribution in [0.4, 0.5) is 0 Å². The lowest BCUT2D eigenvalue weighted by atomic mass is 9.90. The van der Waals surface area contributed by atoms with E-state index >= 15 is 0 Å². The Balaban J connectivity index is 1.97. The lowest BCUT2D eigenvalue weighted by Crippen LogP contribution is -2.37. The molecule has 1 unspecified atom stereocenters. The van der Waals surface area contributed by atoms with Crippen LogP contribution in [0.15, 0.2) is 53.5 Å². The van der Waals surface area contributed by atoms with Crippen LogP contribution in [-0.4, -0.2) is 25.7 Å². The molecule has 2 aromatic rings. The molecule has 0 fully saturated rings. The Bertz CT molecular complexity index is 727. The number of nitrogens with zero attached hydrogens (tertiary/aromatic N) is 1. The number of aliphatic imine (C=N–C) groups is 1. The smallest absolute Gasteiger partial charge is 0.121 e. The normalized spacial score (nSPS) is 20.9. The molecule has 0 saturated carbocycles. The van der Waals surface area contributed by atoms with Gasteiger partial charge in [0.1, 0.15) is 23.7 Å². The monoisotopic (exact) mass is 310 g/mol. The van der Waals surface area contributed by atoms with E-state index in [2.05, 4.69) is 42.2 Å². The number of benzene rings is 2. The van der Waals surface area contributed by atoms with Crippen molar-refractivity contribution in [2.45, 2.75) is 19.4 Å². The maximum Gasteiger partial charge on any atom is 0.121 e. The van der Waals surface area contributed by atoms with Gasteiger partial charge in [0.05, 0.1) is 13.2 Å². The second kappa shape index (κ2) is 6.42. The lowest BCUT2D eigenvalue weighted by molar-refractivity contribution is 0.106. The summed E-state index contributed by atoms with van der Waals surface area (Å²) in [5.41, 5.74) is 8.77. The summed E-state index contributed by atoms with van der Waals surface area (Å²) >= 11 is 0. The average Bonchev–Trinajstić information content (AvgIpc) is 2.55. The quantitative estimate of drug-likeness (QED) is 0.942. The van der Waals surface area contributed by atoms with Gasteiger partial charge in [-0.1, -0.05) is 30.3 Å². The van der Waals surface area contributed by atoms with Crippen molar-refractivity contribution in [2.75, 3.05) is 19.8 Å². The van der Waals surface area contributed by atoms with Gasteiger partial charge in [-0.05, 0) is 48.7 Å². The fourth-order valence-electron chi connectivity index (χ4n) is 2.85. The topological polar surface area (TPSA) is 56.8 Å². The third kappa shape index (κ3) is 3.37. The van der Waals surface area contributed by atoms with E-state index in [4.69, 9.17) is 15.2 Å². The van der Waals surface area contributed by atoms with Gasteiger partial charge in [-0.15, -0.1) is 0 Å². The molecule has 0 spiro atoms. The molecule has 4 heteroatoms. The zero-order valence-corrected chi connectivity index (χ0v) is 13.6. The molecule has 0 amide bonds. The molecule has 1 aliphatic heterocycles. The van der Waals surface area contributed by atoms with Crippen molar-refractivity contribution < 1.29 is 9.47 Å². The first-order valence-corrected chi connectivity index (χ1v) is 7.86. The largest absolute Gasteiger partial charge is 0.494 e. The minimum absolute atomic E-state index is 0.408. The molecular formula is C19H22N2O2. The van der Waals surface area contributed by atoms with E-state index in [0.717, 1.165) is 22.4 Å². The van der Waals surface area contributed by atoms with Crippen molar-refractivity contribution in [3.8, 4) is 16.9 Å². The molecule has 0 bridgehead atoms. The van der Waals surface area contributed by atoms with Crippen molar-refractivity contribution >= 4 is 5.84 Å². The van der Waals surface area contributed by atoms with Crippen LogP contribution in [0.2, 0.25) is 0 Å². The Labute approximate surface area is 136 Å². The molecule has 2 N–H and O–H groups in total. The fraction of sp³-hybridized carbons (Fsp3) is 0.316. The van der Waals surface area contributed by atoms with Crippen molar-refractivity contribution in [2.24, 2.45) is 10.7 Å². The van der Waals surface area contributed by atoms with Gasteiger partial charge in [-0.25, -0.2) is 0 Å². The lowest BCUT2D eigenvalue weighted by Gasteiger charge is -2.30. The van der Waals surface area contributed by atoms with E-state index in [1.807, 2.05) is 25.1 Å². The van der Waals surface area contributed by atoms with Crippen LogP contribution in [0.25, 0.3) is 11.1 Å². The second-order valence-electron chi connectivity index (χ2n) is 5.91. The average molecular weight is 310 g/mol. The zero-order valence-electron chi connectivity index (χ0n) is 13.6. The maximum absolute atomic E-state index is 5.86. The van der Waals surface area contributed by atoms with Crippen molar-refractivity contribution in [3.05, 3.63) is 54.1 Å². The van der Waals surface area contributed by atoms with Gasteiger partial charge >= 0.3 is 0 Å². The summed E-state index contributed by atoms with van der Waals surface area (Å²) in [6, 6.07) is 16.5. The summed E-state index contributed by atoms with van der Waals surface area (Å²) in [6.07, 6.45) is 0. The van der Waals surface area contributed by atoms with Crippen LogP contribution in [-0.2, 0) is 10.3 Å². The van der Waals surface area contributed by atoms with E-state index < -0.39 is 5.54 Å². The van der Waals surface area contributed by atoms with Crippen LogP contribution in [0, 0.1) is 0 Å². The van der Waals surface area contributed by atoms with Gasteiger partial charge in [0, 0.05) is 0 Å². The molecule has 0 radical (unpaired) electrons. The first-order valence-electron chi connectivity index (χ1n) is 7.86. The Morgan fingerprint density at radius 1 is 1.17 bits per heavy atom. The van der Waals surface area contributed by atoms with Crippen LogP contribution in [0.5, 0.6) is 5.75 Å². The highest BCUT2D eigenvalue weighted by molar-refractivity contribution is 5.82. The van der Waals surface area contributed by atoms with Crippen molar-refractivity contribution in [1.29, 1.82) is 0 Å². The summed E-state index contributed by atoms with van der Waals surface area (Å²) in [4.78, 5) is 4.61. The molecule has 0 aromatic heterocycles. The summed E-state index contributed by atoms with van der Waals surface area (Å²) in [5.74, 6) is 1.42. The molecule has 120 valence electrons. The molecule has 0 aliphatic carbocycles. The molecule has 1 heterocycles. The van der Waals surface area contributed by atoms with Gasteiger partial charge in [0.15, 0.2) is 0 Å². The predicted molar refractivity (Wildman–Crippen MR) is 92.8 cm³/mol. The van der Waals surface area contributed by atoms with Crippen molar-refractivity contribution in [3.63, 3.8) is 0 Å². The van der Waals surface area contributed by atoms with Crippen molar-refractivity contribution in [1.82, 2.24) is 0 Å². The molecule has 4 nitrogen and oxygen atoms in total. The maximum atomic E-state index is 5.86. The van der Waals surface area contributed by atoms with Crippen LogP contribution in [0.3, 0.4) is 0 Å². The van der Waals surface area contributed by atoms with Crippen LogP contribution in [0.1, 0.15) is 19.4 Å². The standard InChI is InChI=1S/C19H22N2O2/c1-3-23-17-9-5-7-15(11-17)14-6-4-8-16(10-14)19(2)13-22-12-18(20)21-19/h4-11H,3,12-13H2,1-2H3,(H2,20,21). The van der Waals surface area contributed by atoms with E-state index in [1.54, 1.807) is 0 Å². The molecule has 1 atom stereocenters. The second-order valence-corrected chi connectivity index (χ2v) is 5.91. The summed E-state index contributed by atoms with van der Waals surface area (Å²) < 4.78 is 11.2. The van der Waals surface area contributed by atoms with E-state index in [0.29, 0.717) is 25.7 Å². The zero-order chi connectivity index (χ0) is 16.3. The number of amidine groups is 1. The predicted octanol–water partition coefficient (Wildman–Crippen LogP) is 3.35. The fourth-order valence-corrected chi connectivity index (χ4v) is 2.85. The number of hydrogen-bond acceptors (Lipinski definition) is 4. The summed E-state index contributed by atoms with van der Waals surface area (Å²) in [7, 11) is 0. The number of rotatable bonds is 4. The molecule has 23 heavy (non-hydrogen) atoms. The summed E-state index contributed by atoms with van der Waals surface area (Å²) in [5, 5.41) is 0. The van der Waals surface area contributed by atoms with Gasteiger partial charge in [-0.3, -0.25) is 4.99 Å². The Hall–Kier alpha value is -2.33. The molecule has 2 aromatic carbocycles. The highest BCUT2D eigenvalue weighted by Crippen LogP contribution is 2.32. The molecule has 3 rings (SSSR count). The third-order valence-corrected chi connectivity index (χ3v) is 3.99. The highest BCUT2D eigenvalue weighted by Gasteiger charge is 2.30. The highest BCUT2D eigenvalue weighted by atomic mass is 16.5. The third-order valence-electron chi connectivity index (χ3n) is 3.99. The van der Waals surface area contributed by atoms with Gasteiger partial charge in [0.2, 0.25) is 0 Å². The first kappa shape index (κ1) is 15.6. The molecule has 1 aliphatic rings. The number of ether oxygens (including phenoxy) is 2. The van der Waals surface area contributed by atoms with E-state index in [1.165, 1.54) is 0 Å². The van der Waals surface area contributed by atoms with Gasteiger partial charge < -0.3 is 15.2 Å². The minimum atomic E-state index is -0.435. The Morgan fingerprint density at radius 2 is 1.91 bits per heavy atom. The minimum Gasteiger partial charge on any atom is -0.494 e. The first-order chi connectivity index (χ1) is 11.1. The van der Waals surface area contributed by atoms with Gasteiger partial charge in [0.25, 0.3) is 0 Å². The Kier molecular flexibility index (Phi) is 4.35. The Morgan fingerprint density at radius 3 is 2.65 bits per heavy atom.